The second-order valence-electron chi connectivity index (χ2n) is 5.71. The van der Waals surface area contributed by atoms with Gasteiger partial charge < -0.3 is 10.6 Å². The van der Waals surface area contributed by atoms with E-state index in [0.29, 0.717) is 24.2 Å². The Morgan fingerprint density at radius 1 is 1.17 bits per heavy atom. The van der Waals surface area contributed by atoms with Crippen molar-refractivity contribution in [1.29, 1.82) is 5.26 Å². The van der Waals surface area contributed by atoms with Gasteiger partial charge in [0.2, 0.25) is 11.8 Å². The number of carbonyl (C=O) groups excluding carboxylic acids is 2. The van der Waals surface area contributed by atoms with Crippen molar-refractivity contribution in [1.82, 2.24) is 10.3 Å². The first-order valence-corrected chi connectivity index (χ1v) is 7.65. The zero-order valence-corrected chi connectivity index (χ0v) is 12.9. The number of nitrogens with one attached hydrogen (secondary N) is 2. The molecule has 0 spiro atoms. The number of pyridine rings is 1. The molecule has 6 nitrogen and oxygen atoms in total. The summed E-state index contributed by atoms with van der Waals surface area (Å²) in [4.78, 5) is 28.2. The number of nitrogens with zero attached hydrogens (tertiary/aromatic N) is 2. The van der Waals surface area contributed by atoms with Gasteiger partial charge in [-0.1, -0.05) is 6.07 Å². The average molecular weight is 320 g/mol. The molecule has 120 valence electrons. The van der Waals surface area contributed by atoms with Crippen LogP contribution in [0.15, 0.2) is 48.8 Å². The highest BCUT2D eigenvalue weighted by molar-refractivity contribution is 5.99. The highest BCUT2D eigenvalue weighted by Crippen LogP contribution is 2.39. The van der Waals surface area contributed by atoms with E-state index < -0.39 is 0 Å². The van der Waals surface area contributed by atoms with E-state index in [9.17, 15) is 9.59 Å². The Morgan fingerprint density at radius 2 is 1.92 bits per heavy atom. The van der Waals surface area contributed by atoms with Gasteiger partial charge in [0.05, 0.1) is 23.5 Å². The van der Waals surface area contributed by atoms with E-state index in [-0.39, 0.29) is 23.7 Å². The lowest BCUT2D eigenvalue weighted by Gasteiger charge is -2.06. The van der Waals surface area contributed by atoms with Crippen molar-refractivity contribution in [3.8, 4) is 6.07 Å². The van der Waals surface area contributed by atoms with Crippen molar-refractivity contribution in [2.75, 3.05) is 5.32 Å². The molecular formula is C18H16N4O2. The fourth-order valence-corrected chi connectivity index (χ4v) is 2.46. The summed E-state index contributed by atoms with van der Waals surface area (Å²) in [6, 6.07) is 12.4. The third-order valence-corrected chi connectivity index (χ3v) is 3.94. The van der Waals surface area contributed by atoms with Gasteiger partial charge in [0.15, 0.2) is 0 Å². The van der Waals surface area contributed by atoms with Crippen molar-refractivity contribution >= 4 is 17.5 Å². The minimum atomic E-state index is -0.297. The Morgan fingerprint density at radius 3 is 2.58 bits per heavy atom. The second-order valence-corrected chi connectivity index (χ2v) is 5.71. The van der Waals surface area contributed by atoms with E-state index in [1.165, 1.54) is 0 Å². The van der Waals surface area contributed by atoms with Gasteiger partial charge in [-0.25, -0.2) is 0 Å². The number of hydrogen-bond acceptors (Lipinski definition) is 4. The van der Waals surface area contributed by atoms with Crippen LogP contribution in [0.5, 0.6) is 0 Å². The number of hydrogen-bond donors (Lipinski definition) is 2. The smallest absolute Gasteiger partial charge is 0.228 e. The molecule has 6 heteroatoms. The van der Waals surface area contributed by atoms with Crippen LogP contribution in [0.2, 0.25) is 0 Å². The van der Waals surface area contributed by atoms with Gasteiger partial charge in [0, 0.05) is 24.6 Å². The summed E-state index contributed by atoms with van der Waals surface area (Å²) < 4.78 is 0. The van der Waals surface area contributed by atoms with Crippen LogP contribution in [-0.2, 0) is 16.1 Å². The maximum Gasteiger partial charge on any atom is 0.228 e. The highest BCUT2D eigenvalue weighted by atomic mass is 16.2. The van der Waals surface area contributed by atoms with Crippen LogP contribution in [0.1, 0.15) is 17.5 Å². The van der Waals surface area contributed by atoms with Crippen LogP contribution >= 0.6 is 0 Å². The molecule has 2 atom stereocenters. The molecule has 1 aliphatic rings. The minimum absolute atomic E-state index is 0.112. The normalized spacial score (nSPS) is 18.3. The van der Waals surface area contributed by atoms with E-state index in [0.717, 1.165) is 5.56 Å². The van der Waals surface area contributed by atoms with Crippen LogP contribution in [0, 0.1) is 23.2 Å². The summed E-state index contributed by atoms with van der Waals surface area (Å²) >= 11 is 0. The van der Waals surface area contributed by atoms with Gasteiger partial charge in [-0.2, -0.15) is 5.26 Å². The molecule has 1 heterocycles. The minimum Gasteiger partial charge on any atom is -0.352 e. The first kappa shape index (κ1) is 15.7. The highest BCUT2D eigenvalue weighted by Gasteiger charge is 2.47. The van der Waals surface area contributed by atoms with E-state index in [1.54, 1.807) is 36.7 Å². The molecule has 0 saturated heterocycles. The Balaban J connectivity index is 1.48. The average Bonchev–Trinajstić information content (AvgIpc) is 3.42. The zero-order chi connectivity index (χ0) is 16.9. The zero-order valence-electron chi connectivity index (χ0n) is 12.9. The van der Waals surface area contributed by atoms with Crippen LogP contribution in [-0.4, -0.2) is 16.8 Å². The number of amides is 2. The molecule has 1 aromatic carbocycles. The molecule has 2 amide bonds. The van der Waals surface area contributed by atoms with E-state index in [4.69, 9.17) is 5.26 Å². The van der Waals surface area contributed by atoms with Gasteiger partial charge in [0.1, 0.15) is 0 Å². The molecule has 1 aliphatic carbocycles. The standard InChI is InChI=1S/C18H16N4O2/c19-9-12-3-5-14(6-4-12)22-18(24)16-8-15(16)17(23)21-11-13-2-1-7-20-10-13/h1-7,10,15-16H,8,11H2,(H,21,23)(H,22,24). The van der Waals surface area contributed by atoms with Gasteiger partial charge in [-0.15, -0.1) is 0 Å². The summed E-state index contributed by atoms with van der Waals surface area (Å²) in [5.41, 5.74) is 2.08. The first-order valence-electron chi connectivity index (χ1n) is 7.65. The lowest BCUT2D eigenvalue weighted by molar-refractivity contribution is -0.125. The number of benzene rings is 1. The van der Waals surface area contributed by atoms with Crippen molar-refractivity contribution in [2.45, 2.75) is 13.0 Å². The third-order valence-electron chi connectivity index (χ3n) is 3.94. The quantitative estimate of drug-likeness (QED) is 0.879. The predicted octanol–water partition coefficient (Wildman–Crippen LogP) is 1.84. The van der Waals surface area contributed by atoms with Crippen LogP contribution in [0.25, 0.3) is 0 Å². The number of aromatic nitrogens is 1. The number of anilines is 1. The van der Waals surface area contributed by atoms with Crippen molar-refractivity contribution in [2.24, 2.45) is 11.8 Å². The second kappa shape index (κ2) is 6.92. The molecular weight excluding hydrogens is 304 g/mol. The Labute approximate surface area is 139 Å². The molecule has 24 heavy (non-hydrogen) atoms. The van der Waals surface area contributed by atoms with Crippen molar-refractivity contribution < 1.29 is 9.59 Å². The first-order chi connectivity index (χ1) is 11.7. The lowest BCUT2D eigenvalue weighted by atomic mass is 10.2. The number of rotatable bonds is 5. The summed E-state index contributed by atoms with van der Waals surface area (Å²) in [5, 5.41) is 14.4. The molecule has 0 aliphatic heterocycles. The summed E-state index contributed by atoms with van der Waals surface area (Å²) in [5.74, 6) is -0.852. The molecule has 0 bridgehead atoms. The van der Waals surface area contributed by atoms with Gasteiger partial charge in [-0.05, 0) is 42.3 Å². The van der Waals surface area contributed by atoms with Crippen LogP contribution in [0.4, 0.5) is 5.69 Å². The molecule has 3 rings (SSSR count). The van der Waals surface area contributed by atoms with E-state index in [1.807, 2.05) is 18.2 Å². The molecule has 1 saturated carbocycles. The van der Waals surface area contributed by atoms with Crippen molar-refractivity contribution in [3.05, 3.63) is 59.9 Å². The number of nitriles is 1. The Bertz CT molecular complexity index is 781. The van der Waals surface area contributed by atoms with Gasteiger partial charge in [0.25, 0.3) is 0 Å². The van der Waals surface area contributed by atoms with Crippen molar-refractivity contribution in [3.63, 3.8) is 0 Å². The SMILES string of the molecule is N#Cc1ccc(NC(=O)C2CC2C(=O)NCc2cccnc2)cc1. The summed E-state index contributed by atoms with van der Waals surface area (Å²) in [6.45, 7) is 0.410. The van der Waals surface area contributed by atoms with Crippen LogP contribution in [0.3, 0.4) is 0 Å². The maximum absolute atomic E-state index is 12.2. The molecule has 2 aromatic rings. The van der Waals surface area contributed by atoms with E-state index in [2.05, 4.69) is 15.6 Å². The monoisotopic (exact) mass is 320 g/mol. The number of carbonyl (C=O) groups is 2. The van der Waals surface area contributed by atoms with Crippen LogP contribution < -0.4 is 10.6 Å². The molecule has 0 radical (unpaired) electrons. The lowest BCUT2D eigenvalue weighted by Crippen LogP contribution is -2.27. The molecule has 1 aromatic heterocycles. The molecule has 1 fully saturated rings. The topological polar surface area (TPSA) is 94.9 Å². The summed E-state index contributed by atoms with van der Waals surface area (Å²) in [6.07, 6.45) is 3.93. The fraction of sp³-hybridized carbons (Fsp3) is 0.222. The maximum atomic E-state index is 12.2. The Kier molecular flexibility index (Phi) is 4.52. The Hall–Kier alpha value is -3.20. The largest absolute Gasteiger partial charge is 0.352 e. The third kappa shape index (κ3) is 3.76. The fourth-order valence-electron chi connectivity index (χ4n) is 2.46. The van der Waals surface area contributed by atoms with Gasteiger partial charge >= 0.3 is 0 Å². The summed E-state index contributed by atoms with van der Waals surface area (Å²) in [7, 11) is 0. The molecule has 2 N–H and O–H groups in total. The van der Waals surface area contributed by atoms with Gasteiger partial charge in [-0.3, -0.25) is 14.6 Å². The predicted molar refractivity (Wildman–Crippen MR) is 87.5 cm³/mol. The molecule has 2 unspecified atom stereocenters. The van der Waals surface area contributed by atoms with E-state index >= 15 is 0 Å².